The third kappa shape index (κ3) is 8.11. The van der Waals surface area contributed by atoms with Gasteiger partial charge in [-0.25, -0.2) is 4.79 Å². The zero-order valence-corrected chi connectivity index (χ0v) is 21.2. The van der Waals surface area contributed by atoms with Crippen LogP contribution in [0.5, 0.6) is 0 Å². The van der Waals surface area contributed by atoms with E-state index in [2.05, 4.69) is 27.7 Å². The lowest BCUT2D eigenvalue weighted by Gasteiger charge is -2.36. The Balaban J connectivity index is 0.000000387. The fourth-order valence-corrected chi connectivity index (χ4v) is 3.71. The zero-order chi connectivity index (χ0) is 25.1. The maximum atomic E-state index is 12.5. The molecule has 0 aliphatic carbocycles. The van der Waals surface area contributed by atoms with E-state index in [-0.39, 0.29) is 11.9 Å². The first-order valence-electron chi connectivity index (χ1n) is 10.9. The van der Waals surface area contributed by atoms with Gasteiger partial charge in [0, 0.05) is 71.5 Å². The normalized spacial score (nSPS) is 12.9. The number of amides is 3. The average Bonchev–Trinajstić information content (AvgIpc) is 2.85. The van der Waals surface area contributed by atoms with E-state index in [1.807, 2.05) is 19.2 Å². The number of rotatable bonds is 6. The summed E-state index contributed by atoms with van der Waals surface area (Å²) in [6.07, 6.45) is 1.41. The number of piperazine rings is 1. The molecule has 1 heterocycles. The monoisotopic (exact) mass is 507 g/mol. The van der Waals surface area contributed by atoms with Crippen LogP contribution in [0.25, 0.3) is 0 Å². The summed E-state index contributed by atoms with van der Waals surface area (Å²) in [5, 5.41) is 6.79. The Labute approximate surface area is 210 Å². The first-order chi connectivity index (χ1) is 16.3. The first kappa shape index (κ1) is 27.3. The lowest BCUT2D eigenvalue weighted by molar-refractivity contribution is -0.129. The van der Waals surface area contributed by atoms with E-state index in [1.54, 1.807) is 37.2 Å². The van der Waals surface area contributed by atoms with E-state index < -0.39 is 0 Å². The number of hydrogen-bond donors (Lipinski definition) is 2. The molecule has 0 saturated carbocycles. The van der Waals surface area contributed by atoms with Crippen LogP contribution in [-0.2, 0) is 9.59 Å². The van der Waals surface area contributed by atoms with Crippen molar-refractivity contribution in [1.29, 1.82) is 0 Å². The SMILES string of the molecule is CN(C)C(=O)CCC=O.CNc1ccc(N2CCN(C(=O)Nc3c(Cl)cccc3Cl)CC2)cc1. The topological polar surface area (TPSA) is 85.0 Å². The Morgan fingerprint density at radius 1 is 1.00 bits per heavy atom. The number of nitrogens with zero attached hydrogens (tertiary/aromatic N) is 3. The Morgan fingerprint density at radius 2 is 1.59 bits per heavy atom. The second-order valence-electron chi connectivity index (χ2n) is 7.79. The highest BCUT2D eigenvalue weighted by Gasteiger charge is 2.22. The molecular formula is C24H31Cl2N5O3. The molecule has 2 aromatic rings. The maximum Gasteiger partial charge on any atom is 0.322 e. The molecule has 0 atom stereocenters. The number of aldehydes is 1. The number of halogens is 2. The summed E-state index contributed by atoms with van der Waals surface area (Å²) in [6, 6.07) is 13.3. The summed E-state index contributed by atoms with van der Waals surface area (Å²) in [5.41, 5.74) is 2.70. The fourth-order valence-electron chi connectivity index (χ4n) is 3.22. The maximum absolute atomic E-state index is 12.5. The number of nitrogens with one attached hydrogen (secondary N) is 2. The third-order valence-corrected chi connectivity index (χ3v) is 5.89. The first-order valence-corrected chi connectivity index (χ1v) is 11.7. The molecular weight excluding hydrogens is 477 g/mol. The van der Waals surface area contributed by atoms with E-state index >= 15 is 0 Å². The van der Waals surface area contributed by atoms with Gasteiger partial charge >= 0.3 is 6.03 Å². The minimum absolute atomic E-state index is 0.00194. The van der Waals surface area contributed by atoms with Crippen LogP contribution in [0.4, 0.5) is 21.9 Å². The number of urea groups is 1. The van der Waals surface area contributed by atoms with Gasteiger partial charge in [0.25, 0.3) is 0 Å². The largest absolute Gasteiger partial charge is 0.388 e. The van der Waals surface area contributed by atoms with Crippen LogP contribution in [0.15, 0.2) is 42.5 Å². The van der Waals surface area contributed by atoms with Crippen molar-refractivity contribution in [3.63, 3.8) is 0 Å². The van der Waals surface area contributed by atoms with Gasteiger partial charge in [0.15, 0.2) is 0 Å². The number of para-hydroxylation sites is 1. The van der Waals surface area contributed by atoms with Crippen molar-refractivity contribution in [3.05, 3.63) is 52.5 Å². The standard InChI is InChI=1S/C18H20Cl2N4O.C6H11NO2/c1-21-13-5-7-14(8-6-13)23-9-11-24(12-10-23)18(25)22-17-15(19)3-2-4-16(17)20;1-7(2)6(9)4-3-5-8/h2-8,21H,9-12H2,1H3,(H,22,25);5H,3-4H2,1-2H3. The Morgan fingerprint density at radius 3 is 2.09 bits per heavy atom. The van der Waals surface area contributed by atoms with E-state index in [1.165, 1.54) is 4.90 Å². The van der Waals surface area contributed by atoms with Crippen molar-refractivity contribution >= 4 is 58.5 Å². The summed E-state index contributed by atoms with van der Waals surface area (Å²) >= 11 is 12.2. The van der Waals surface area contributed by atoms with Crippen molar-refractivity contribution < 1.29 is 14.4 Å². The number of benzene rings is 2. The molecule has 0 unspecified atom stereocenters. The van der Waals surface area contributed by atoms with Crippen LogP contribution < -0.4 is 15.5 Å². The smallest absolute Gasteiger partial charge is 0.322 e. The van der Waals surface area contributed by atoms with Gasteiger partial charge in [-0.1, -0.05) is 29.3 Å². The second kappa shape index (κ2) is 13.7. The van der Waals surface area contributed by atoms with Crippen LogP contribution >= 0.6 is 23.2 Å². The Kier molecular flexibility index (Phi) is 11.0. The van der Waals surface area contributed by atoms with Crippen molar-refractivity contribution in [3.8, 4) is 0 Å². The van der Waals surface area contributed by atoms with Crippen molar-refractivity contribution in [2.24, 2.45) is 0 Å². The minimum Gasteiger partial charge on any atom is -0.388 e. The van der Waals surface area contributed by atoms with Crippen LogP contribution in [0.3, 0.4) is 0 Å². The van der Waals surface area contributed by atoms with Gasteiger partial charge in [-0.05, 0) is 36.4 Å². The van der Waals surface area contributed by atoms with Gasteiger partial charge in [0.1, 0.15) is 6.29 Å². The lowest BCUT2D eigenvalue weighted by Crippen LogP contribution is -2.50. The Hall–Kier alpha value is -2.97. The van der Waals surface area contributed by atoms with Gasteiger partial charge < -0.3 is 30.1 Å². The quantitative estimate of drug-likeness (QED) is 0.564. The molecule has 1 fully saturated rings. The van der Waals surface area contributed by atoms with Gasteiger partial charge in [-0.15, -0.1) is 0 Å². The van der Waals surface area contributed by atoms with Crippen LogP contribution in [-0.4, -0.2) is 75.3 Å². The van der Waals surface area contributed by atoms with Crippen LogP contribution in [0, 0.1) is 0 Å². The molecule has 10 heteroatoms. The van der Waals surface area contributed by atoms with Crippen LogP contribution in [0.1, 0.15) is 12.8 Å². The molecule has 0 spiro atoms. The summed E-state index contributed by atoms with van der Waals surface area (Å²) in [6.45, 7) is 2.84. The van der Waals surface area contributed by atoms with E-state index in [4.69, 9.17) is 23.2 Å². The molecule has 3 amide bonds. The summed E-state index contributed by atoms with van der Waals surface area (Å²) in [7, 11) is 5.25. The Bertz CT molecular complexity index is 941. The highest BCUT2D eigenvalue weighted by molar-refractivity contribution is 6.39. The summed E-state index contributed by atoms with van der Waals surface area (Å²) < 4.78 is 0. The van der Waals surface area contributed by atoms with E-state index in [9.17, 15) is 14.4 Å². The highest BCUT2D eigenvalue weighted by Crippen LogP contribution is 2.30. The molecule has 0 bridgehead atoms. The van der Waals surface area contributed by atoms with Crippen molar-refractivity contribution in [2.75, 3.05) is 62.9 Å². The van der Waals surface area contributed by atoms with Crippen LogP contribution in [0.2, 0.25) is 10.0 Å². The summed E-state index contributed by atoms with van der Waals surface area (Å²) in [5.74, 6) is 0.00194. The molecule has 1 aliphatic heterocycles. The average molecular weight is 508 g/mol. The predicted octanol–water partition coefficient (Wildman–Crippen LogP) is 4.44. The van der Waals surface area contributed by atoms with Crippen molar-refractivity contribution in [1.82, 2.24) is 9.80 Å². The lowest BCUT2D eigenvalue weighted by atomic mass is 10.2. The summed E-state index contributed by atoms with van der Waals surface area (Å²) in [4.78, 5) is 38.4. The van der Waals surface area contributed by atoms with Gasteiger partial charge in [0.05, 0.1) is 15.7 Å². The molecule has 0 radical (unpaired) electrons. The van der Waals surface area contributed by atoms with Gasteiger partial charge in [-0.2, -0.15) is 0 Å². The molecule has 2 aromatic carbocycles. The number of anilines is 3. The minimum atomic E-state index is -0.180. The number of carbonyl (C=O) groups is 3. The third-order valence-electron chi connectivity index (χ3n) is 5.26. The molecule has 2 N–H and O–H groups in total. The van der Waals surface area contributed by atoms with E-state index in [0.717, 1.165) is 30.8 Å². The van der Waals surface area contributed by atoms with Crippen molar-refractivity contribution in [2.45, 2.75) is 12.8 Å². The van der Waals surface area contributed by atoms with Gasteiger partial charge in [-0.3, -0.25) is 4.79 Å². The molecule has 3 rings (SSSR count). The zero-order valence-electron chi connectivity index (χ0n) is 19.7. The molecule has 8 nitrogen and oxygen atoms in total. The predicted molar refractivity (Wildman–Crippen MR) is 139 cm³/mol. The molecule has 0 aromatic heterocycles. The molecule has 1 aliphatic rings. The fraction of sp³-hybridized carbons (Fsp3) is 0.375. The van der Waals surface area contributed by atoms with Gasteiger partial charge in [0.2, 0.25) is 5.91 Å². The number of carbonyl (C=O) groups excluding carboxylic acids is 3. The second-order valence-corrected chi connectivity index (χ2v) is 8.61. The number of hydrogen-bond acceptors (Lipinski definition) is 5. The molecule has 1 saturated heterocycles. The van der Waals surface area contributed by atoms with E-state index in [0.29, 0.717) is 41.7 Å². The molecule has 34 heavy (non-hydrogen) atoms. The molecule has 184 valence electrons. The highest BCUT2D eigenvalue weighted by atomic mass is 35.5.